The summed E-state index contributed by atoms with van der Waals surface area (Å²) in [6.07, 6.45) is -1.60. The Bertz CT molecular complexity index is 188. The van der Waals surface area contributed by atoms with Crippen molar-refractivity contribution in [2.24, 2.45) is 0 Å². The van der Waals surface area contributed by atoms with Gasteiger partial charge in [0.2, 0.25) is 5.91 Å². The number of rotatable bonds is 2. The third-order valence-corrected chi connectivity index (χ3v) is 2.37. The zero-order chi connectivity index (χ0) is 10.0. The normalized spacial score (nSPS) is 30.6. The third kappa shape index (κ3) is 2.18. The number of carbonyl (C=O) groups excluding carboxylic acids is 1. The number of amides is 1. The number of aliphatic hydroxyl groups is 2. The Morgan fingerprint density at radius 2 is 1.92 bits per heavy atom. The highest BCUT2D eigenvalue weighted by Crippen LogP contribution is 2.10. The predicted molar refractivity (Wildman–Crippen MR) is 47.1 cm³/mol. The second-order valence-corrected chi connectivity index (χ2v) is 3.39. The van der Waals surface area contributed by atoms with E-state index in [9.17, 15) is 15.0 Å². The van der Waals surface area contributed by atoms with Crippen molar-refractivity contribution in [3.63, 3.8) is 0 Å². The van der Waals surface area contributed by atoms with Crippen LogP contribution >= 0.6 is 0 Å². The molecule has 0 aromatic carbocycles. The van der Waals surface area contributed by atoms with Gasteiger partial charge in [0, 0.05) is 13.1 Å². The number of nitrogens with one attached hydrogen (secondary N) is 1. The first kappa shape index (κ1) is 10.4. The lowest BCUT2D eigenvalue weighted by Gasteiger charge is -2.19. The molecule has 0 saturated carbocycles. The minimum Gasteiger partial charge on any atom is -0.388 e. The molecule has 76 valence electrons. The summed E-state index contributed by atoms with van der Waals surface area (Å²) in [6, 6.07) is -0.266. The van der Waals surface area contributed by atoms with E-state index in [4.69, 9.17) is 0 Å². The number of nitrogens with zero attached hydrogens (tertiary/aromatic N) is 1. The zero-order valence-corrected chi connectivity index (χ0v) is 7.90. The zero-order valence-electron chi connectivity index (χ0n) is 7.90. The number of β-amino-alcohol motifs (C(OH)–C–C–N with tert-alkyl or cyclic N) is 2. The molecular formula is C8H16N2O3. The second kappa shape index (κ2) is 4.04. The molecule has 1 amide bonds. The Balaban J connectivity index is 2.50. The van der Waals surface area contributed by atoms with Crippen molar-refractivity contribution in [1.29, 1.82) is 0 Å². The van der Waals surface area contributed by atoms with Crippen molar-refractivity contribution in [3.8, 4) is 0 Å². The Labute approximate surface area is 77.3 Å². The maximum Gasteiger partial charge on any atom is 0.239 e. The highest BCUT2D eigenvalue weighted by atomic mass is 16.3. The van der Waals surface area contributed by atoms with Crippen LogP contribution in [0.15, 0.2) is 0 Å². The molecule has 0 aromatic rings. The number of likely N-dealkylation sites (N-methyl/N-ethyl adjacent to an activating group) is 1. The molecule has 5 nitrogen and oxygen atoms in total. The fraction of sp³-hybridized carbons (Fsp3) is 0.875. The van der Waals surface area contributed by atoms with Crippen LogP contribution in [0.2, 0.25) is 0 Å². The minimum atomic E-state index is -0.798. The van der Waals surface area contributed by atoms with Crippen LogP contribution in [0.5, 0.6) is 0 Å². The molecule has 3 atom stereocenters. The number of likely N-dealkylation sites (tertiary alicyclic amines) is 1. The minimum absolute atomic E-state index is 0.0851. The molecule has 0 radical (unpaired) electrons. The summed E-state index contributed by atoms with van der Waals surface area (Å²) in [5, 5.41) is 21.2. The first-order valence-corrected chi connectivity index (χ1v) is 4.38. The van der Waals surface area contributed by atoms with Gasteiger partial charge in [-0.2, -0.15) is 0 Å². The average molecular weight is 188 g/mol. The Hall–Kier alpha value is -0.650. The smallest absolute Gasteiger partial charge is 0.239 e. The molecule has 1 rings (SSSR count). The maximum absolute atomic E-state index is 11.5. The fourth-order valence-corrected chi connectivity index (χ4v) is 1.35. The number of hydrogen-bond donors (Lipinski definition) is 3. The number of aliphatic hydroxyl groups excluding tert-OH is 2. The van der Waals surface area contributed by atoms with Gasteiger partial charge < -0.3 is 20.4 Å². The standard InChI is InChI=1S/C8H16N2O3/c1-5(9-2)8(13)10-3-6(11)7(12)4-10/h5-7,9,11-12H,3-4H2,1-2H3/t5?,6-,7+. The summed E-state index contributed by atoms with van der Waals surface area (Å²) in [5.74, 6) is -0.0851. The molecule has 1 saturated heterocycles. The van der Waals surface area contributed by atoms with E-state index in [-0.39, 0.29) is 25.0 Å². The van der Waals surface area contributed by atoms with Gasteiger partial charge in [-0.15, -0.1) is 0 Å². The van der Waals surface area contributed by atoms with Gasteiger partial charge >= 0.3 is 0 Å². The molecule has 1 heterocycles. The van der Waals surface area contributed by atoms with Crippen LogP contribution in [0.1, 0.15) is 6.92 Å². The van der Waals surface area contributed by atoms with Crippen molar-refractivity contribution >= 4 is 5.91 Å². The molecule has 5 heteroatoms. The third-order valence-electron chi connectivity index (χ3n) is 2.37. The first-order chi connectivity index (χ1) is 6.06. The summed E-state index contributed by atoms with van der Waals surface area (Å²) in [6.45, 7) is 2.21. The van der Waals surface area contributed by atoms with Crippen LogP contribution in [0.25, 0.3) is 0 Å². The predicted octanol–water partition coefficient (Wildman–Crippen LogP) is -1.84. The molecule has 3 N–H and O–H groups in total. The van der Waals surface area contributed by atoms with E-state index in [0.717, 1.165) is 0 Å². The van der Waals surface area contributed by atoms with E-state index in [2.05, 4.69) is 5.32 Å². The van der Waals surface area contributed by atoms with Crippen molar-refractivity contribution in [2.45, 2.75) is 25.2 Å². The van der Waals surface area contributed by atoms with Crippen LogP contribution in [-0.2, 0) is 4.79 Å². The van der Waals surface area contributed by atoms with Crippen LogP contribution in [0.4, 0.5) is 0 Å². The van der Waals surface area contributed by atoms with Gasteiger partial charge in [0.25, 0.3) is 0 Å². The van der Waals surface area contributed by atoms with Gasteiger partial charge in [-0.3, -0.25) is 4.79 Å². The second-order valence-electron chi connectivity index (χ2n) is 3.39. The van der Waals surface area contributed by atoms with Crippen LogP contribution in [-0.4, -0.2) is 59.4 Å². The summed E-state index contributed by atoms with van der Waals surface area (Å²) in [5.41, 5.74) is 0. The van der Waals surface area contributed by atoms with Crippen LogP contribution in [0.3, 0.4) is 0 Å². The molecule has 1 fully saturated rings. The summed E-state index contributed by atoms with van der Waals surface area (Å²) >= 11 is 0. The monoisotopic (exact) mass is 188 g/mol. The topological polar surface area (TPSA) is 72.8 Å². The summed E-state index contributed by atoms with van der Waals surface area (Å²) < 4.78 is 0. The van der Waals surface area contributed by atoms with Crippen molar-refractivity contribution in [1.82, 2.24) is 10.2 Å². The SMILES string of the molecule is CNC(C)C(=O)N1C[C@@H](O)[C@@H](O)C1. The van der Waals surface area contributed by atoms with Gasteiger partial charge in [0.05, 0.1) is 18.2 Å². The molecule has 0 aromatic heterocycles. The number of hydrogen-bond acceptors (Lipinski definition) is 4. The van der Waals surface area contributed by atoms with Gasteiger partial charge in [-0.05, 0) is 14.0 Å². The lowest BCUT2D eigenvalue weighted by molar-refractivity contribution is -0.132. The molecule has 0 spiro atoms. The van der Waals surface area contributed by atoms with E-state index in [0.29, 0.717) is 0 Å². The lowest BCUT2D eigenvalue weighted by Crippen LogP contribution is -2.43. The van der Waals surface area contributed by atoms with Gasteiger partial charge in [0.15, 0.2) is 0 Å². The van der Waals surface area contributed by atoms with Crippen LogP contribution < -0.4 is 5.32 Å². The molecule has 1 aliphatic rings. The van der Waals surface area contributed by atoms with Crippen molar-refractivity contribution in [2.75, 3.05) is 20.1 Å². The van der Waals surface area contributed by atoms with E-state index in [1.54, 1.807) is 14.0 Å². The highest BCUT2D eigenvalue weighted by Gasteiger charge is 2.33. The number of carbonyl (C=O) groups is 1. The fourth-order valence-electron chi connectivity index (χ4n) is 1.35. The Kier molecular flexibility index (Phi) is 3.24. The van der Waals surface area contributed by atoms with Gasteiger partial charge in [-0.1, -0.05) is 0 Å². The highest BCUT2D eigenvalue weighted by molar-refractivity contribution is 5.81. The summed E-state index contributed by atoms with van der Waals surface area (Å²) in [7, 11) is 1.70. The lowest BCUT2D eigenvalue weighted by atomic mass is 10.3. The van der Waals surface area contributed by atoms with Crippen molar-refractivity contribution < 1.29 is 15.0 Å². The molecule has 13 heavy (non-hydrogen) atoms. The van der Waals surface area contributed by atoms with Crippen LogP contribution in [0, 0.1) is 0 Å². The first-order valence-electron chi connectivity index (χ1n) is 4.38. The Morgan fingerprint density at radius 1 is 1.46 bits per heavy atom. The molecule has 0 aliphatic carbocycles. The van der Waals surface area contributed by atoms with E-state index in [1.165, 1.54) is 4.90 Å². The van der Waals surface area contributed by atoms with E-state index < -0.39 is 12.2 Å². The molecule has 1 unspecified atom stereocenters. The largest absolute Gasteiger partial charge is 0.388 e. The van der Waals surface area contributed by atoms with E-state index >= 15 is 0 Å². The van der Waals surface area contributed by atoms with Crippen molar-refractivity contribution in [3.05, 3.63) is 0 Å². The average Bonchev–Trinajstić information content (AvgIpc) is 2.44. The van der Waals surface area contributed by atoms with Gasteiger partial charge in [0.1, 0.15) is 0 Å². The quantitative estimate of drug-likeness (QED) is 0.476. The summed E-state index contributed by atoms with van der Waals surface area (Å²) in [4.78, 5) is 13.0. The molecule has 1 aliphatic heterocycles. The molecular weight excluding hydrogens is 172 g/mol. The van der Waals surface area contributed by atoms with Gasteiger partial charge in [-0.25, -0.2) is 0 Å². The Morgan fingerprint density at radius 3 is 2.31 bits per heavy atom. The molecule has 0 bridgehead atoms. The van der Waals surface area contributed by atoms with E-state index in [1.807, 2.05) is 0 Å². The maximum atomic E-state index is 11.5.